The number of fused-ring (bicyclic) bond motifs is 1. The highest BCUT2D eigenvalue weighted by Gasteiger charge is 2.71. The van der Waals surface area contributed by atoms with Crippen LogP contribution < -0.4 is 0 Å². The van der Waals surface area contributed by atoms with E-state index in [-0.39, 0.29) is 5.60 Å². The van der Waals surface area contributed by atoms with Crippen LogP contribution in [0.2, 0.25) is 0 Å². The lowest BCUT2D eigenvalue weighted by molar-refractivity contribution is -0.125. The fraction of sp³-hybridized carbons (Fsp3) is 0.562. The Kier molecular flexibility index (Phi) is 2.60. The van der Waals surface area contributed by atoms with Crippen molar-refractivity contribution in [1.29, 1.82) is 0 Å². The summed E-state index contributed by atoms with van der Waals surface area (Å²) < 4.78 is 5.87. The molecule has 3 rings (SSSR count). The quantitative estimate of drug-likeness (QED) is 0.764. The molecule has 2 fully saturated rings. The first kappa shape index (κ1) is 11.9. The SMILES string of the molecule is Cc1cccc(CCC23OC2(C)CCCC3=O)c1. The summed E-state index contributed by atoms with van der Waals surface area (Å²) >= 11 is 0. The molecule has 1 aromatic carbocycles. The van der Waals surface area contributed by atoms with E-state index in [1.807, 2.05) is 0 Å². The molecule has 1 aliphatic heterocycles. The van der Waals surface area contributed by atoms with Gasteiger partial charge in [0, 0.05) is 6.42 Å². The van der Waals surface area contributed by atoms with Crippen LogP contribution in [0.15, 0.2) is 24.3 Å². The molecule has 0 amide bonds. The Morgan fingerprint density at radius 1 is 1.39 bits per heavy atom. The van der Waals surface area contributed by atoms with E-state index in [4.69, 9.17) is 4.74 Å². The van der Waals surface area contributed by atoms with E-state index in [1.165, 1.54) is 11.1 Å². The maximum atomic E-state index is 12.1. The Bertz CT molecular complexity index is 494. The first-order valence-corrected chi connectivity index (χ1v) is 6.85. The summed E-state index contributed by atoms with van der Waals surface area (Å²) in [6, 6.07) is 8.52. The van der Waals surface area contributed by atoms with E-state index in [9.17, 15) is 4.79 Å². The molecule has 1 saturated heterocycles. The highest BCUT2D eigenvalue weighted by atomic mass is 16.6. The topological polar surface area (TPSA) is 29.6 Å². The minimum atomic E-state index is -0.449. The molecule has 1 aliphatic carbocycles. The minimum Gasteiger partial charge on any atom is -0.354 e. The molecule has 0 N–H and O–H groups in total. The van der Waals surface area contributed by atoms with Gasteiger partial charge in [-0.15, -0.1) is 0 Å². The number of hydrogen-bond donors (Lipinski definition) is 0. The Morgan fingerprint density at radius 3 is 2.94 bits per heavy atom. The number of ketones is 1. The number of carbonyl (C=O) groups is 1. The molecule has 0 bridgehead atoms. The zero-order valence-corrected chi connectivity index (χ0v) is 11.2. The van der Waals surface area contributed by atoms with Gasteiger partial charge in [0.25, 0.3) is 0 Å². The lowest BCUT2D eigenvalue weighted by Gasteiger charge is -2.20. The molecule has 2 aliphatic rings. The van der Waals surface area contributed by atoms with Crippen molar-refractivity contribution in [2.24, 2.45) is 0 Å². The molecule has 2 nitrogen and oxygen atoms in total. The van der Waals surface area contributed by atoms with E-state index in [1.54, 1.807) is 0 Å². The minimum absolute atomic E-state index is 0.161. The fourth-order valence-corrected chi connectivity index (χ4v) is 3.39. The third-order valence-corrected chi connectivity index (χ3v) is 4.57. The standard InChI is InChI=1S/C16H20O2/c1-12-5-3-6-13(11-12)8-10-16-14(17)7-4-9-15(16,2)18-16/h3,5-6,11H,4,7-10H2,1-2H3. The van der Waals surface area contributed by atoms with Gasteiger partial charge in [0.1, 0.15) is 5.60 Å². The van der Waals surface area contributed by atoms with Crippen LogP contribution in [0.1, 0.15) is 43.7 Å². The van der Waals surface area contributed by atoms with Crippen LogP contribution in [0.3, 0.4) is 0 Å². The van der Waals surface area contributed by atoms with Crippen molar-refractivity contribution in [3.63, 3.8) is 0 Å². The number of Topliss-reactive ketones (excluding diaryl/α,β-unsaturated/α-hetero) is 1. The molecule has 18 heavy (non-hydrogen) atoms. The number of hydrogen-bond acceptors (Lipinski definition) is 2. The lowest BCUT2D eigenvalue weighted by Crippen LogP contribution is -2.36. The summed E-state index contributed by atoms with van der Waals surface area (Å²) in [6.45, 7) is 4.20. The van der Waals surface area contributed by atoms with Gasteiger partial charge in [-0.05, 0) is 45.1 Å². The summed E-state index contributed by atoms with van der Waals surface area (Å²) in [7, 11) is 0. The van der Waals surface area contributed by atoms with Crippen molar-refractivity contribution in [3.8, 4) is 0 Å². The smallest absolute Gasteiger partial charge is 0.167 e. The second-order valence-electron chi connectivity index (χ2n) is 5.93. The highest BCUT2D eigenvalue weighted by molar-refractivity contribution is 5.92. The Labute approximate surface area is 108 Å². The maximum Gasteiger partial charge on any atom is 0.167 e. The van der Waals surface area contributed by atoms with Crippen molar-refractivity contribution >= 4 is 5.78 Å². The van der Waals surface area contributed by atoms with Crippen LogP contribution in [0.25, 0.3) is 0 Å². The van der Waals surface area contributed by atoms with Gasteiger partial charge in [-0.2, -0.15) is 0 Å². The van der Waals surface area contributed by atoms with Gasteiger partial charge in [0.05, 0.1) is 0 Å². The van der Waals surface area contributed by atoms with Crippen LogP contribution >= 0.6 is 0 Å². The molecular weight excluding hydrogens is 224 g/mol. The average Bonchev–Trinajstić information content (AvgIpc) is 2.95. The van der Waals surface area contributed by atoms with E-state index in [0.717, 1.165) is 25.7 Å². The molecule has 0 radical (unpaired) electrons. The summed E-state index contributed by atoms with van der Waals surface area (Å²) in [5.74, 6) is 0.323. The summed E-state index contributed by atoms with van der Waals surface area (Å²) in [5, 5.41) is 0. The van der Waals surface area contributed by atoms with Gasteiger partial charge >= 0.3 is 0 Å². The average molecular weight is 244 g/mol. The maximum absolute atomic E-state index is 12.1. The predicted molar refractivity (Wildman–Crippen MR) is 70.6 cm³/mol. The normalized spacial score (nSPS) is 34.2. The Hall–Kier alpha value is -1.15. The largest absolute Gasteiger partial charge is 0.354 e. The summed E-state index contributed by atoms with van der Waals surface area (Å²) in [6.07, 6.45) is 4.49. The number of epoxide rings is 1. The van der Waals surface area contributed by atoms with Crippen molar-refractivity contribution in [2.75, 3.05) is 0 Å². The van der Waals surface area contributed by atoms with Gasteiger partial charge < -0.3 is 4.74 Å². The number of benzene rings is 1. The van der Waals surface area contributed by atoms with E-state index < -0.39 is 5.60 Å². The predicted octanol–water partition coefficient (Wildman–Crippen LogP) is 3.21. The van der Waals surface area contributed by atoms with Crippen LogP contribution in [0, 0.1) is 6.92 Å². The Balaban J connectivity index is 1.72. The number of rotatable bonds is 3. The van der Waals surface area contributed by atoms with E-state index >= 15 is 0 Å². The zero-order valence-electron chi connectivity index (χ0n) is 11.2. The van der Waals surface area contributed by atoms with Gasteiger partial charge in [-0.3, -0.25) is 4.79 Å². The molecule has 2 unspecified atom stereocenters. The second kappa shape index (κ2) is 3.92. The first-order valence-electron chi connectivity index (χ1n) is 6.85. The summed E-state index contributed by atoms with van der Waals surface area (Å²) in [5.41, 5.74) is 1.97. The molecule has 2 heteroatoms. The molecule has 2 atom stereocenters. The van der Waals surface area contributed by atoms with Crippen molar-refractivity contribution in [1.82, 2.24) is 0 Å². The van der Waals surface area contributed by atoms with Crippen LogP contribution in [0.4, 0.5) is 0 Å². The molecule has 0 aromatic heterocycles. The molecular formula is C16H20O2. The van der Waals surface area contributed by atoms with Crippen molar-refractivity contribution in [2.45, 2.75) is 57.2 Å². The first-order chi connectivity index (χ1) is 8.56. The number of carbonyl (C=O) groups excluding carboxylic acids is 1. The van der Waals surface area contributed by atoms with Crippen LogP contribution in [-0.4, -0.2) is 17.0 Å². The molecule has 0 spiro atoms. The van der Waals surface area contributed by atoms with Gasteiger partial charge in [-0.25, -0.2) is 0 Å². The molecule has 96 valence electrons. The molecule has 1 saturated carbocycles. The monoisotopic (exact) mass is 244 g/mol. The van der Waals surface area contributed by atoms with Crippen LogP contribution in [-0.2, 0) is 16.0 Å². The van der Waals surface area contributed by atoms with Gasteiger partial charge in [-0.1, -0.05) is 29.8 Å². The summed E-state index contributed by atoms with van der Waals surface area (Å²) in [4.78, 5) is 12.1. The van der Waals surface area contributed by atoms with Crippen LogP contribution in [0.5, 0.6) is 0 Å². The highest BCUT2D eigenvalue weighted by Crippen LogP contribution is 2.57. The van der Waals surface area contributed by atoms with Crippen molar-refractivity contribution < 1.29 is 9.53 Å². The molecule has 1 heterocycles. The van der Waals surface area contributed by atoms with Gasteiger partial charge in [0.15, 0.2) is 11.4 Å². The van der Waals surface area contributed by atoms with Crippen molar-refractivity contribution in [3.05, 3.63) is 35.4 Å². The van der Waals surface area contributed by atoms with E-state index in [0.29, 0.717) is 12.2 Å². The second-order valence-corrected chi connectivity index (χ2v) is 5.93. The lowest BCUT2D eigenvalue weighted by atomic mass is 9.76. The fourth-order valence-electron chi connectivity index (χ4n) is 3.39. The molecule has 1 aromatic rings. The van der Waals surface area contributed by atoms with Gasteiger partial charge in [0.2, 0.25) is 0 Å². The third-order valence-electron chi connectivity index (χ3n) is 4.57. The Morgan fingerprint density at radius 2 is 2.22 bits per heavy atom. The zero-order chi connectivity index (χ0) is 12.8. The third kappa shape index (κ3) is 1.71. The number of aryl methyl sites for hydroxylation is 2. The number of ether oxygens (including phenoxy) is 1. The van der Waals surface area contributed by atoms with E-state index in [2.05, 4.69) is 38.1 Å².